The Morgan fingerprint density at radius 2 is 1.89 bits per heavy atom. The number of amides is 1. The molecule has 0 unspecified atom stereocenters. The first kappa shape index (κ1) is 25.2. The molecule has 37 heavy (non-hydrogen) atoms. The number of hydrogen-bond acceptors (Lipinski definition) is 8. The second-order valence-corrected chi connectivity index (χ2v) is 11.1. The number of fused-ring (bicyclic) bond motifs is 2. The molecule has 3 aromatic heterocycles. The van der Waals surface area contributed by atoms with E-state index >= 15 is 0 Å². The number of nitrogens with one attached hydrogen (secondary N) is 1. The van der Waals surface area contributed by atoms with Crippen LogP contribution in [0.15, 0.2) is 58.1 Å². The van der Waals surface area contributed by atoms with Crippen molar-refractivity contribution in [1.29, 1.82) is 0 Å². The number of carbonyl (C=O) groups is 2. The number of thiazole rings is 1. The average molecular weight is 598 g/mol. The number of hydrogen-bond donors (Lipinski definition) is 1. The van der Waals surface area contributed by atoms with E-state index in [2.05, 4.69) is 31.2 Å². The van der Waals surface area contributed by atoms with Crippen LogP contribution in [0.25, 0.3) is 31.6 Å². The van der Waals surface area contributed by atoms with Gasteiger partial charge in [0.1, 0.15) is 11.4 Å². The van der Waals surface area contributed by atoms with Gasteiger partial charge >= 0.3 is 5.97 Å². The minimum absolute atomic E-state index is 0.205. The van der Waals surface area contributed by atoms with Crippen LogP contribution >= 0.6 is 38.6 Å². The van der Waals surface area contributed by atoms with Crippen molar-refractivity contribution in [2.75, 3.05) is 11.9 Å². The standard InChI is InChI=1S/C26H21BrN4O4S2/c1-3-18-21(14-5-8-16(27)9-6-14)22-23(36-18)28-13-31(24(22)33)12-20(32)30-26-29-17-10-7-15(11-19(17)37-26)25(34)35-4-2/h5-11,13H,3-4,12H2,1-2H3,(H,29,30,32). The van der Waals surface area contributed by atoms with E-state index in [-0.39, 0.29) is 18.7 Å². The number of esters is 1. The molecule has 0 bridgehead atoms. The summed E-state index contributed by atoms with van der Waals surface area (Å²) >= 11 is 6.20. The van der Waals surface area contributed by atoms with E-state index in [9.17, 15) is 14.4 Å². The van der Waals surface area contributed by atoms with Gasteiger partial charge in [-0.15, -0.1) is 11.3 Å². The molecule has 5 rings (SSSR count). The smallest absolute Gasteiger partial charge is 0.338 e. The van der Waals surface area contributed by atoms with Crippen LogP contribution in [0.1, 0.15) is 29.1 Å². The first-order valence-electron chi connectivity index (χ1n) is 11.5. The highest BCUT2D eigenvalue weighted by Crippen LogP contribution is 2.37. The molecule has 2 aromatic carbocycles. The fourth-order valence-corrected chi connectivity index (χ4v) is 6.27. The Labute approximate surface area is 228 Å². The van der Waals surface area contributed by atoms with Gasteiger partial charge in [-0.05, 0) is 49.2 Å². The number of nitrogens with zero attached hydrogens (tertiary/aromatic N) is 3. The molecule has 0 saturated carbocycles. The summed E-state index contributed by atoms with van der Waals surface area (Å²) in [5, 5.41) is 3.66. The maximum absolute atomic E-state index is 13.5. The summed E-state index contributed by atoms with van der Waals surface area (Å²) in [4.78, 5) is 49.0. The van der Waals surface area contributed by atoms with E-state index < -0.39 is 11.9 Å². The number of thiophene rings is 1. The molecule has 3 heterocycles. The van der Waals surface area contributed by atoms with Crippen molar-refractivity contribution in [2.45, 2.75) is 26.8 Å². The summed E-state index contributed by atoms with van der Waals surface area (Å²) in [7, 11) is 0. The maximum Gasteiger partial charge on any atom is 0.338 e. The predicted octanol–water partition coefficient (Wildman–Crippen LogP) is 5.88. The van der Waals surface area contributed by atoms with Gasteiger partial charge in [0.05, 0.1) is 34.1 Å². The van der Waals surface area contributed by atoms with Crippen molar-refractivity contribution >= 4 is 76.0 Å². The SMILES string of the molecule is CCOC(=O)c1ccc2nc(NC(=O)Cn3cnc4sc(CC)c(-c5ccc(Br)cc5)c4c3=O)sc2c1. The lowest BCUT2D eigenvalue weighted by Gasteiger charge is -2.07. The minimum Gasteiger partial charge on any atom is -0.462 e. The summed E-state index contributed by atoms with van der Waals surface area (Å²) in [6.45, 7) is 3.88. The van der Waals surface area contributed by atoms with Gasteiger partial charge in [0.15, 0.2) is 5.13 Å². The first-order chi connectivity index (χ1) is 17.9. The lowest BCUT2D eigenvalue weighted by atomic mass is 10.0. The molecule has 188 valence electrons. The van der Waals surface area contributed by atoms with Gasteiger partial charge < -0.3 is 10.1 Å². The van der Waals surface area contributed by atoms with Gasteiger partial charge in [-0.25, -0.2) is 14.8 Å². The molecular weight excluding hydrogens is 576 g/mol. The van der Waals surface area contributed by atoms with Crippen LogP contribution in [-0.4, -0.2) is 33.0 Å². The number of aromatic nitrogens is 3. The van der Waals surface area contributed by atoms with Crippen molar-refractivity contribution in [3.8, 4) is 11.1 Å². The van der Waals surface area contributed by atoms with Gasteiger partial charge in [-0.3, -0.25) is 14.2 Å². The van der Waals surface area contributed by atoms with Crippen LogP contribution in [0.5, 0.6) is 0 Å². The van der Waals surface area contributed by atoms with E-state index in [1.54, 1.807) is 25.1 Å². The molecule has 8 nitrogen and oxygen atoms in total. The topological polar surface area (TPSA) is 103 Å². The molecule has 5 aromatic rings. The van der Waals surface area contributed by atoms with Crippen LogP contribution in [-0.2, 0) is 22.5 Å². The quantitative estimate of drug-likeness (QED) is 0.235. The zero-order valence-electron chi connectivity index (χ0n) is 19.9. The molecule has 0 atom stereocenters. The third-order valence-corrected chi connectivity index (χ3v) is 8.37. The molecule has 0 fully saturated rings. The third-order valence-electron chi connectivity index (χ3n) is 5.67. The van der Waals surface area contributed by atoms with E-state index in [1.165, 1.54) is 33.6 Å². The Hall–Kier alpha value is -3.41. The second kappa shape index (κ2) is 10.5. The predicted molar refractivity (Wildman–Crippen MR) is 151 cm³/mol. The molecule has 0 spiro atoms. The number of rotatable bonds is 7. The normalized spacial score (nSPS) is 11.2. The highest BCUT2D eigenvalue weighted by molar-refractivity contribution is 9.10. The average Bonchev–Trinajstić information content (AvgIpc) is 3.46. The summed E-state index contributed by atoms with van der Waals surface area (Å²) in [6, 6.07) is 12.8. The largest absolute Gasteiger partial charge is 0.462 e. The molecule has 0 saturated heterocycles. The Morgan fingerprint density at radius 3 is 2.62 bits per heavy atom. The third kappa shape index (κ3) is 5.07. The summed E-state index contributed by atoms with van der Waals surface area (Å²) in [5.74, 6) is -0.808. The van der Waals surface area contributed by atoms with Gasteiger partial charge in [0.25, 0.3) is 5.56 Å². The molecule has 1 N–H and O–H groups in total. The summed E-state index contributed by atoms with van der Waals surface area (Å²) < 4.78 is 8.05. The van der Waals surface area contributed by atoms with Crippen molar-refractivity contribution in [3.05, 3.63) is 74.1 Å². The molecule has 0 aliphatic carbocycles. The maximum atomic E-state index is 13.5. The molecule has 0 radical (unpaired) electrons. The fourth-order valence-electron chi connectivity index (χ4n) is 3.99. The van der Waals surface area contributed by atoms with Crippen molar-refractivity contribution in [1.82, 2.24) is 14.5 Å². The van der Waals surface area contributed by atoms with Crippen LogP contribution in [0.3, 0.4) is 0 Å². The lowest BCUT2D eigenvalue weighted by molar-refractivity contribution is -0.116. The van der Waals surface area contributed by atoms with Crippen molar-refractivity contribution in [3.63, 3.8) is 0 Å². The Kier molecular flexibility index (Phi) is 7.18. The number of anilines is 1. The lowest BCUT2D eigenvalue weighted by Crippen LogP contribution is -2.27. The summed E-state index contributed by atoms with van der Waals surface area (Å²) in [6.07, 6.45) is 2.18. The van der Waals surface area contributed by atoms with Gasteiger partial charge in [0.2, 0.25) is 5.91 Å². The Balaban J connectivity index is 1.42. The van der Waals surface area contributed by atoms with Crippen LogP contribution in [0.2, 0.25) is 0 Å². The van der Waals surface area contributed by atoms with E-state index in [4.69, 9.17) is 4.74 Å². The zero-order valence-corrected chi connectivity index (χ0v) is 23.1. The number of aryl methyl sites for hydroxylation is 1. The van der Waals surface area contributed by atoms with Gasteiger partial charge in [-0.1, -0.05) is 46.3 Å². The van der Waals surface area contributed by atoms with Crippen LogP contribution < -0.4 is 10.9 Å². The number of halogens is 1. The fraction of sp³-hybridized carbons (Fsp3) is 0.192. The van der Waals surface area contributed by atoms with E-state index in [0.29, 0.717) is 26.4 Å². The van der Waals surface area contributed by atoms with E-state index in [0.717, 1.165) is 31.6 Å². The molecule has 0 aliphatic rings. The highest BCUT2D eigenvalue weighted by Gasteiger charge is 2.19. The molecular formula is C26H21BrN4O4S2. The summed E-state index contributed by atoms with van der Waals surface area (Å²) in [5.41, 5.74) is 2.61. The zero-order chi connectivity index (χ0) is 26.1. The van der Waals surface area contributed by atoms with Crippen molar-refractivity contribution < 1.29 is 14.3 Å². The number of ether oxygens (including phenoxy) is 1. The van der Waals surface area contributed by atoms with Crippen LogP contribution in [0, 0.1) is 0 Å². The Morgan fingerprint density at radius 1 is 1.11 bits per heavy atom. The number of carbonyl (C=O) groups excluding carboxylic acids is 2. The van der Waals surface area contributed by atoms with Gasteiger partial charge in [-0.2, -0.15) is 0 Å². The molecule has 1 amide bonds. The molecule has 11 heteroatoms. The van der Waals surface area contributed by atoms with E-state index in [1.807, 2.05) is 31.2 Å². The first-order valence-corrected chi connectivity index (χ1v) is 13.9. The monoisotopic (exact) mass is 596 g/mol. The number of benzene rings is 2. The van der Waals surface area contributed by atoms with Crippen LogP contribution in [0.4, 0.5) is 5.13 Å². The molecule has 0 aliphatic heterocycles. The minimum atomic E-state index is -0.409. The Bertz CT molecular complexity index is 1710. The highest BCUT2D eigenvalue weighted by atomic mass is 79.9. The van der Waals surface area contributed by atoms with Crippen molar-refractivity contribution in [2.24, 2.45) is 0 Å². The van der Waals surface area contributed by atoms with Gasteiger partial charge in [0, 0.05) is 14.9 Å². The second-order valence-electron chi connectivity index (χ2n) is 8.09.